The Kier molecular flexibility index (Phi) is 7.89. The number of ether oxygens (including phenoxy) is 1. The van der Waals surface area contributed by atoms with Gasteiger partial charge in [0.2, 0.25) is 5.88 Å². The average molecular weight is 522 g/mol. The Morgan fingerprint density at radius 2 is 1.97 bits per heavy atom. The van der Waals surface area contributed by atoms with Crippen LogP contribution in [0.15, 0.2) is 40.7 Å². The van der Waals surface area contributed by atoms with Gasteiger partial charge in [-0.1, -0.05) is 12.1 Å². The second-order valence-corrected chi connectivity index (χ2v) is 11.7. The van der Waals surface area contributed by atoms with Gasteiger partial charge in [0, 0.05) is 65.4 Å². The van der Waals surface area contributed by atoms with Gasteiger partial charge in [0.15, 0.2) is 0 Å². The molecule has 0 spiro atoms. The number of hydrogen-bond donors (Lipinski definition) is 2. The molecule has 2 aromatic heterocycles. The zero-order valence-corrected chi connectivity index (χ0v) is 23.7. The van der Waals surface area contributed by atoms with Gasteiger partial charge in [-0.15, -0.1) is 11.3 Å². The molecule has 2 aliphatic rings. The number of rotatable bonds is 5. The third-order valence-electron chi connectivity index (χ3n) is 6.32. The number of nitrogens with zero attached hydrogens (tertiary/aromatic N) is 2. The summed E-state index contributed by atoms with van der Waals surface area (Å²) in [6.07, 6.45) is 5.19. The first kappa shape index (κ1) is 26.1. The van der Waals surface area contributed by atoms with Crippen LogP contribution in [0.5, 0.6) is 5.88 Å². The monoisotopic (exact) mass is 521 g/mol. The van der Waals surface area contributed by atoms with Gasteiger partial charge in [0.05, 0.1) is 12.8 Å². The quantitative estimate of drug-likeness (QED) is 0.499. The van der Waals surface area contributed by atoms with E-state index in [1.165, 1.54) is 11.3 Å². The third kappa shape index (κ3) is 5.42. The van der Waals surface area contributed by atoms with Crippen LogP contribution in [0.2, 0.25) is 0 Å². The zero-order chi connectivity index (χ0) is 23.9. The molecule has 2 amide bonds. The van der Waals surface area contributed by atoms with Crippen LogP contribution in [0.4, 0.5) is 10.5 Å². The summed E-state index contributed by atoms with van der Waals surface area (Å²) in [5, 5.41) is 2.85. The molecule has 8 nitrogen and oxygen atoms in total. The van der Waals surface area contributed by atoms with Gasteiger partial charge in [-0.3, -0.25) is 0 Å². The number of sulfonamides is 1. The summed E-state index contributed by atoms with van der Waals surface area (Å²) in [5.41, 5.74) is 5.49. The van der Waals surface area contributed by atoms with Crippen LogP contribution >= 0.6 is 11.3 Å². The van der Waals surface area contributed by atoms with Crippen LogP contribution in [-0.2, 0) is 35.8 Å². The maximum atomic E-state index is 13.0. The van der Waals surface area contributed by atoms with Crippen LogP contribution in [0.25, 0.3) is 11.1 Å². The largest absolute Gasteiger partial charge is 0.481 e. The summed E-state index contributed by atoms with van der Waals surface area (Å²) in [5.74, 6) is 0.461. The fourth-order valence-corrected chi connectivity index (χ4v) is 7.18. The van der Waals surface area contributed by atoms with Crippen LogP contribution in [-0.4, -0.2) is 74.6 Å². The predicted molar refractivity (Wildman–Crippen MR) is 138 cm³/mol. The minimum absolute atomic E-state index is 0. The number of amides is 2. The van der Waals surface area contributed by atoms with Crippen molar-refractivity contribution in [2.75, 3.05) is 26.0 Å². The van der Waals surface area contributed by atoms with Crippen molar-refractivity contribution in [3.05, 3.63) is 58.1 Å². The minimum atomic E-state index is -3.99. The molecule has 1 aliphatic heterocycles. The van der Waals surface area contributed by atoms with Gasteiger partial charge in [-0.2, -0.15) is 0 Å². The molecule has 0 unspecified atom stereocenters. The molecule has 0 bridgehead atoms. The van der Waals surface area contributed by atoms with Crippen molar-refractivity contribution in [3.63, 3.8) is 0 Å². The number of aryl methyl sites for hydroxylation is 1. The van der Waals surface area contributed by atoms with E-state index in [0.29, 0.717) is 11.6 Å². The number of anilines is 1. The first-order valence-electron chi connectivity index (χ1n) is 11.1. The van der Waals surface area contributed by atoms with Crippen LogP contribution in [0, 0.1) is 0 Å². The molecule has 3 heterocycles. The summed E-state index contributed by atoms with van der Waals surface area (Å²) < 4.78 is 33.6. The topological polar surface area (TPSA) is 101 Å². The van der Waals surface area contributed by atoms with E-state index in [1.807, 2.05) is 19.2 Å². The summed E-state index contributed by atoms with van der Waals surface area (Å²) in [6.45, 7) is 1.61. The summed E-state index contributed by atoms with van der Waals surface area (Å²) in [7, 11) is -0.426. The zero-order valence-electron chi connectivity index (χ0n) is 20.1. The normalized spacial score (nSPS) is 15.0. The Hall–Kier alpha value is -1.95. The predicted octanol–water partition coefficient (Wildman–Crippen LogP) is 3.42. The Morgan fingerprint density at radius 3 is 2.77 bits per heavy atom. The first-order chi connectivity index (χ1) is 16.3. The molecule has 35 heavy (non-hydrogen) atoms. The number of benzene rings is 1. The van der Waals surface area contributed by atoms with E-state index in [9.17, 15) is 13.2 Å². The second kappa shape index (κ2) is 10.6. The molecule has 3 aromatic rings. The second-order valence-electron chi connectivity index (χ2n) is 8.63. The molecule has 0 fully saturated rings. The van der Waals surface area contributed by atoms with Crippen molar-refractivity contribution in [1.29, 1.82) is 0 Å². The molecule has 1 radical (unpaired) electrons. The van der Waals surface area contributed by atoms with Crippen molar-refractivity contribution in [2.45, 2.75) is 36.4 Å². The number of carbonyl (C=O) groups is 1. The number of urea groups is 1. The summed E-state index contributed by atoms with van der Waals surface area (Å²) in [6, 6.07) is 8.57. The number of nitrogens with one attached hydrogen (secondary N) is 2. The Bertz CT molecular complexity index is 1370. The number of fused-ring (bicyclic) bond motifs is 2. The van der Waals surface area contributed by atoms with Gasteiger partial charge in [0.1, 0.15) is 4.21 Å². The molecule has 1 aromatic carbocycles. The van der Waals surface area contributed by atoms with Crippen molar-refractivity contribution in [3.8, 4) is 17.0 Å². The van der Waals surface area contributed by atoms with Crippen molar-refractivity contribution < 1.29 is 17.9 Å². The van der Waals surface area contributed by atoms with E-state index >= 15 is 0 Å². The number of aromatic nitrogens is 1. The molecule has 2 N–H and O–H groups in total. The number of carbonyl (C=O) groups excluding carboxylic acids is 1. The van der Waals surface area contributed by atoms with E-state index in [-0.39, 0.29) is 33.8 Å². The molecule has 0 saturated heterocycles. The maximum Gasteiger partial charge on any atom is 0.333 e. The van der Waals surface area contributed by atoms with Gasteiger partial charge in [0.25, 0.3) is 10.0 Å². The average Bonchev–Trinajstić information content (AvgIpc) is 3.46. The van der Waals surface area contributed by atoms with E-state index in [4.69, 9.17) is 4.74 Å². The molecule has 5 rings (SSSR count). The van der Waals surface area contributed by atoms with E-state index < -0.39 is 16.1 Å². The Labute approximate surface area is 231 Å². The maximum absolute atomic E-state index is 13.0. The first-order valence-corrected chi connectivity index (χ1v) is 13.4. The van der Waals surface area contributed by atoms with Gasteiger partial charge >= 0.3 is 6.03 Å². The van der Waals surface area contributed by atoms with Crippen LogP contribution in [0.1, 0.15) is 28.0 Å². The van der Waals surface area contributed by atoms with Crippen molar-refractivity contribution >= 4 is 62.6 Å². The standard InChI is InChI=1S/C24H26N4O4S2.Na/c1-28-11-9-17-13-22(33-20(17)14-28)34(30,31)27-24(29)26-23-18-5-3-4-15(18)6-7-19(23)16-8-10-25-21(12-16)32-2;/h6-8,10,12-13H,3-5,9,11,14H2,1-2H3,(H2,26,27,29);. The number of likely N-dealkylation sites (N-methyl/N-ethyl adjacent to an activating group) is 1. The molecular weight excluding hydrogens is 495 g/mol. The third-order valence-corrected chi connectivity index (χ3v) is 9.29. The van der Waals surface area contributed by atoms with Gasteiger partial charge in [-0.05, 0) is 67.1 Å². The minimum Gasteiger partial charge on any atom is -0.481 e. The van der Waals surface area contributed by atoms with Gasteiger partial charge < -0.3 is 15.0 Å². The summed E-state index contributed by atoms with van der Waals surface area (Å²) in [4.78, 5) is 20.3. The fraction of sp³-hybridized carbons (Fsp3) is 0.333. The SMILES string of the molecule is COc1cc(-c2ccc3c(c2NC(=O)NS(=O)(=O)c2cc4c(s2)CN(C)CC4)CCC3)ccn1.[Na]. The molecule has 179 valence electrons. The fourth-order valence-electron chi connectivity index (χ4n) is 4.60. The van der Waals surface area contributed by atoms with E-state index in [2.05, 4.69) is 26.0 Å². The molecule has 1 aliphatic carbocycles. The molecule has 11 heteroatoms. The number of thiophene rings is 1. The molecule has 0 saturated carbocycles. The van der Waals surface area contributed by atoms with Gasteiger partial charge in [-0.25, -0.2) is 22.9 Å². The van der Waals surface area contributed by atoms with Crippen molar-refractivity contribution in [2.24, 2.45) is 0 Å². The smallest absolute Gasteiger partial charge is 0.333 e. The number of pyridine rings is 1. The Morgan fingerprint density at radius 1 is 1.14 bits per heavy atom. The van der Waals surface area contributed by atoms with Crippen LogP contribution < -0.4 is 14.8 Å². The molecular formula is C24H26N4NaO4S2. The van der Waals surface area contributed by atoms with Crippen LogP contribution in [0.3, 0.4) is 0 Å². The molecule has 0 atom stereocenters. The Balaban J connectivity index is 0.00000289. The van der Waals surface area contributed by atoms with E-state index in [1.54, 1.807) is 25.4 Å². The number of methoxy groups -OCH3 is 1. The van der Waals surface area contributed by atoms with E-state index in [0.717, 1.165) is 71.5 Å². The number of hydrogen-bond acceptors (Lipinski definition) is 7. The van der Waals surface area contributed by atoms with Crippen molar-refractivity contribution in [1.82, 2.24) is 14.6 Å². The summed E-state index contributed by atoms with van der Waals surface area (Å²) >= 11 is 1.23.